The Morgan fingerprint density at radius 2 is 1.69 bits per heavy atom. The number of anilines is 1. The highest BCUT2D eigenvalue weighted by molar-refractivity contribution is 5.94. The van der Waals surface area contributed by atoms with Gasteiger partial charge >= 0.3 is 0 Å². The van der Waals surface area contributed by atoms with Crippen LogP contribution in [0.4, 0.5) is 5.82 Å². The van der Waals surface area contributed by atoms with E-state index in [0.717, 1.165) is 38.4 Å². The predicted molar refractivity (Wildman–Crippen MR) is 127 cm³/mol. The van der Waals surface area contributed by atoms with E-state index >= 15 is 0 Å². The van der Waals surface area contributed by atoms with Gasteiger partial charge in [-0.1, -0.05) is 49.6 Å². The Balaban J connectivity index is 1.21. The fraction of sp³-hybridized carbons (Fsp3) is 0.500. The van der Waals surface area contributed by atoms with Crippen molar-refractivity contribution in [1.82, 2.24) is 15.2 Å². The highest BCUT2D eigenvalue weighted by Crippen LogP contribution is 2.27. The molecule has 6 heteroatoms. The Labute approximate surface area is 191 Å². The zero-order chi connectivity index (χ0) is 22.2. The lowest BCUT2D eigenvalue weighted by molar-refractivity contribution is -0.132. The standard InChI is InChI=1S/C26H34N4O2/c31-25(19-22-9-5-2-6-10-22)30-17-15-29(16-18-30)24-12-11-23(20-28-24)26(32)27-14-13-21-7-3-1-4-8-21/h1,3-4,7-8,11-12,20,22H,2,5-6,9-10,13-19H2,(H,27,32). The first kappa shape index (κ1) is 22.3. The molecule has 0 unspecified atom stereocenters. The second-order valence-electron chi connectivity index (χ2n) is 8.97. The van der Waals surface area contributed by atoms with E-state index in [-0.39, 0.29) is 5.91 Å². The van der Waals surface area contributed by atoms with Gasteiger partial charge in [0, 0.05) is 45.3 Å². The Kier molecular flexibility index (Phi) is 7.75. The number of benzene rings is 1. The van der Waals surface area contributed by atoms with E-state index < -0.39 is 0 Å². The minimum absolute atomic E-state index is 0.0990. The van der Waals surface area contributed by atoms with Gasteiger partial charge in [0.15, 0.2) is 0 Å². The highest BCUT2D eigenvalue weighted by atomic mass is 16.2. The van der Waals surface area contributed by atoms with Crippen LogP contribution in [-0.2, 0) is 11.2 Å². The summed E-state index contributed by atoms with van der Waals surface area (Å²) in [5, 5.41) is 2.96. The Morgan fingerprint density at radius 1 is 0.938 bits per heavy atom. The fourth-order valence-corrected chi connectivity index (χ4v) is 4.73. The summed E-state index contributed by atoms with van der Waals surface area (Å²) in [4.78, 5) is 33.8. The summed E-state index contributed by atoms with van der Waals surface area (Å²) in [6, 6.07) is 13.9. The molecule has 4 rings (SSSR count). The Morgan fingerprint density at radius 3 is 2.38 bits per heavy atom. The highest BCUT2D eigenvalue weighted by Gasteiger charge is 2.25. The third-order valence-electron chi connectivity index (χ3n) is 6.70. The van der Waals surface area contributed by atoms with Crippen molar-refractivity contribution in [2.24, 2.45) is 5.92 Å². The maximum Gasteiger partial charge on any atom is 0.252 e. The zero-order valence-corrected chi connectivity index (χ0v) is 18.8. The number of rotatable bonds is 7. The number of carbonyl (C=O) groups excluding carboxylic acids is 2. The molecule has 1 aliphatic heterocycles. The summed E-state index contributed by atoms with van der Waals surface area (Å²) >= 11 is 0. The molecule has 32 heavy (non-hydrogen) atoms. The fourth-order valence-electron chi connectivity index (χ4n) is 4.73. The topological polar surface area (TPSA) is 65.5 Å². The number of hydrogen-bond donors (Lipinski definition) is 1. The molecule has 2 heterocycles. The van der Waals surface area contributed by atoms with E-state index in [0.29, 0.717) is 30.4 Å². The Bertz CT molecular complexity index is 870. The number of carbonyl (C=O) groups is 2. The van der Waals surface area contributed by atoms with Crippen LogP contribution in [0.2, 0.25) is 0 Å². The van der Waals surface area contributed by atoms with Gasteiger partial charge in [-0.3, -0.25) is 9.59 Å². The van der Waals surface area contributed by atoms with E-state index in [9.17, 15) is 9.59 Å². The lowest BCUT2D eigenvalue weighted by atomic mass is 9.86. The molecule has 1 saturated heterocycles. The predicted octanol–water partition coefficient (Wildman–Crippen LogP) is 3.67. The molecule has 6 nitrogen and oxygen atoms in total. The van der Waals surface area contributed by atoms with Crippen molar-refractivity contribution >= 4 is 17.6 Å². The van der Waals surface area contributed by atoms with Crippen LogP contribution in [0, 0.1) is 5.92 Å². The van der Waals surface area contributed by atoms with Crippen LogP contribution < -0.4 is 10.2 Å². The molecule has 1 N–H and O–H groups in total. The van der Waals surface area contributed by atoms with Gasteiger partial charge < -0.3 is 15.1 Å². The first-order valence-corrected chi connectivity index (χ1v) is 12.0. The number of aromatic nitrogens is 1. The van der Waals surface area contributed by atoms with Crippen molar-refractivity contribution in [3.8, 4) is 0 Å². The smallest absolute Gasteiger partial charge is 0.252 e. The molecule has 2 aromatic rings. The molecule has 2 amide bonds. The molecule has 170 valence electrons. The van der Waals surface area contributed by atoms with Gasteiger partial charge in [0.2, 0.25) is 5.91 Å². The van der Waals surface area contributed by atoms with E-state index in [2.05, 4.69) is 27.3 Å². The second-order valence-corrected chi connectivity index (χ2v) is 8.97. The number of pyridine rings is 1. The number of nitrogens with zero attached hydrogens (tertiary/aromatic N) is 3. The van der Waals surface area contributed by atoms with Crippen molar-refractivity contribution in [1.29, 1.82) is 0 Å². The van der Waals surface area contributed by atoms with Crippen LogP contribution in [0.15, 0.2) is 48.7 Å². The molecular formula is C26H34N4O2. The molecule has 0 radical (unpaired) electrons. The Hall–Kier alpha value is -2.89. The molecule has 1 aromatic carbocycles. The van der Waals surface area contributed by atoms with Crippen molar-refractivity contribution in [2.75, 3.05) is 37.6 Å². The molecule has 0 atom stereocenters. The van der Waals surface area contributed by atoms with Crippen molar-refractivity contribution in [3.05, 3.63) is 59.8 Å². The zero-order valence-electron chi connectivity index (χ0n) is 18.8. The number of amides is 2. The maximum atomic E-state index is 12.7. The van der Waals surface area contributed by atoms with Gasteiger partial charge in [-0.05, 0) is 42.9 Å². The van der Waals surface area contributed by atoms with Crippen molar-refractivity contribution in [3.63, 3.8) is 0 Å². The first-order chi connectivity index (χ1) is 15.7. The number of nitrogens with one attached hydrogen (secondary N) is 1. The van der Waals surface area contributed by atoms with Crippen LogP contribution in [0.25, 0.3) is 0 Å². The molecular weight excluding hydrogens is 400 g/mol. The van der Waals surface area contributed by atoms with Gasteiger partial charge in [-0.15, -0.1) is 0 Å². The largest absolute Gasteiger partial charge is 0.353 e. The van der Waals surface area contributed by atoms with Crippen molar-refractivity contribution < 1.29 is 9.59 Å². The van der Waals surface area contributed by atoms with Gasteiger partial charge in [0.25, 0.3) is 5.91 Å². The average molecular weight is 435 g/mol. The van der Waals surface area contributed by atoms with E-state index in [1.54, 1.807) is 6.20 Å². The molecule has 1 saturated carbocycles. The quantitative estimate of drug-likeness (QED) is 0.722. The SMILES string of the molecule is O=C(NCCc1ccccc1)c1ccc(N2CCN(C(=O)CC3CCCCC3)CC2)nc1. The summed E-state index contributed by atoms with van der Waals surface area (Å²) in [6.45, 7) is 3.66. The summed E-state index contributed by atoms with van der Waals surface area (Å²) < 4.78 is 0. The lowest BCUT2D eigenvalue weighted by Crippen LogP contribution is -2.49. The van der Waals surface area contributed by atoms with Crippen LogP contribution in [0.5, 0.6) is 0 Å². The third-order valence-corrected chi connectivity index (χ3v) is 6.70. The van der Waals surface area contributed by atoms with Crippen LogP contribution >= 0.6 is 0 Å². The molecule has 0 spiro atoms. The van der Waals surface area contributed by atoms with Crippen molar-refractivity contribution in [2.45, 2.75) is 44.9 Å². The van der Waals surface area contributed by atoms with Gasteiger partial charge in [0.1, 0.15) is 5.82 Å². The summed E-state index contributed by atoms with van der Waals surface area (Å²) in [5.74, 6) is 1.66. The molecule has 2 aliphatic rings. The van der Waals surface area contributed by atoms with Crippen LogP contribution in [0.1, 0.15) is 54.4 Å². The first-order valence-electron chi connectivity index (χ1n) is 12.0. The van der Waals surface area contributed by atoms with E-state index in [1.165, 1.54) is 37.7 Å². The minimum atomic E-state index is -0.0990. The van der Waals surface area contributed by atoms with Gasteiger partial charge in [0.05, 0.1) is 5.56 Å². The number of piperazine rings is 1. The van der Waals surface area contributed by atoms with Crippen LogP contribution in [0.3, 0.4) is 0 Å². The molecule has 0 bridgehead atoms. The van der Waals surface area contributed by atoms with Crippen LogP contribution in [-0.4, -0.2) is 54.4 Å². The maximum absolute atomic E-state index is 12.7. The molecule has 1 aromatic heterocycles. The summed E-state index contributed by atoms with van der Waals surface area (Å²) in [5.41, 5.74) is 1.78. The average Bonchev–Trinajstić information content (AvgIpc) is 2.85. The minimum Gasteiger partial charge on any atom is -0.353 e. The lowest BCUT2D eigenvalue weighted by Gasteiger charge is -2.36. The summed E-state index contributed by atoms with van der Waals surface area (Å²) in [6.07, 6.45) is 9.47. The third kappa shape index (κ3) is 6.09. The molecule has 1 aliphatic carbocycles. The molecule has 2 fully saturated rings. The second kappa shape index (κ2) is 11.1. The van der Waals surface area contributed by atoms with E-state index in [4.69, 9.17) is 0 Å². The van der Waals surface area contributed by atoms with Gasteiger partial charge in [-0.25, -0.2) is 4.98 Å². The summed E-state index contributed by atoms with van der Waals surface area (Å²) in [7, 11) is 0. The van der Waals surface area contributed by atoms with Gasteiger partial charge in [-0.2, -0.15) is 0 Å². The monoisotopic (exact) mass is 434 g/mol. The van der Waals surface area contributed by atoms with E-state index in [1.807, 2.05) is 35.2 Å². The number of hydrogen-bond acceptors (Lipinski definition) is 4. The normalized spacial score (nSPS) is 17.2.